The number of nitrogens with one attached hydrogen (secondary N) is 1. The van der Waals surface area contributed by atoms with Crippen molar-refractivity contribution in [2.24, 2.45) is 0 Å². The monoisotopic (exact) mass is 285 g/mol. The predicted octanol–water partition coefficient (Wildman–Crippen LogP) is 3.19. The van der Waals surface area contributed by atoms with Crippen molar-refractivity contribution in [3.05, 3.63) is 53.6 Å². The maximum atomic E-state index is 12.1. The largest absolute Gasteiger partial charge is 0.493 e. The normalized spacial score (nSPS) is 10.0. The Kier molecular flexibility index (Phi) is 4.82. The number of ether oxygens (including phenoxy) is 2. The fraction of sp³-hybridized carbons (Fsp3) is 0.235. The summed E-state index contributed by atoms with van der Waals surface area (Å²) in [7, 11) is 3.14. The van der Waals surface area contributed by atoms with E-state index in [1.807, 2.05) is 31.2 Å². The molecular weight excluding hydrogens is 266 g/mol. The van der Waals surface area contributed by atoms with Crippen LogP contribution < -0.4 is 14.8 Å². The van der Waals surface area contributed by atoms with Crippen molar-refractivity contribution < 1.29 is 14.3 Å². The van der Waals surface area contributed by atoms with E-state index >= 15 is 0 Å². The highest BCUT2D eigenvalue weighted by Gasteiger charge is 2.09. The Morgan fingerprint density at radius 1 is 1.05 bits per heavy atom. The number of carbonyl (C=O) groups is 1. The number of amides is 1. The molecule has 0 unspecified atom stereocenters. The van der Waals surface area contributed by atoms with E-state index in [1.54, 1.807) is 32.4 Å². The Balaban J connectivity index is 2.08. The number of aryl methyl sites for hydroxylation is 1. The van der Waals surface area contributed by atoms with Gasteiger partial charge < -0.3 is 14.8 Å². The quantitative estimate of drug-likeness (QED) is 0.917. The van der Waals surface area contributed by atoms with Crippen LogP contribution in [-0.4, -0.2) is 20.1 Å². The third-order valence-electron chi connectivity index (χ3n) is 3.28. The summed E-state index contributed by atoms with van der Waals surface area (Å²) in [5, 5.41) is 2.87. The molecular formula is C17H19NO3. The van der Waals surface area contributed by atoms with Gasteiger partial charge in [-0.3, -0.25) is 4.79 Å². The van der Waals surface area contributed by atoms with E-state index in [4.69, 9.17) is 9.47 Å². The molecule has 0 spiro atoms. The lowest BCUT2D eigenvalue weighted by atomic mass is 10.1. The van der Waals surface area contributed by atoms with Gasteiger partial charge in [0.05, 0.1) is 20.6 Å². The maximum Gasteiger partial charge on any atom is 0.228 e. The lowest BCUT2D eigenvalue weighted by molar-refractivity contribution is -0.115. The zero-order valence-corrected chi connectivity index (χ0v) is 12.5. The van der Waals surface area contributed by atoms with E-state index in [0.717, 1.165) is 11.1 Å². The second kappa shape index (κ2) is 6.79. The zero-order chi connectivity index (χ0) is 15.2. The van der Waals surface area contributed by atoms with Crippen LogP contribution in [0.3, 0.4) is 0 Å². The number of carbonyl (C=O) groups excluding carboxylic acids is 1. The first-order valence-corrected chi connectivity index (χ1v) is 6.70. The van der Waals surface area contributed by atoms with Gasteiger partial charge in [0.25, 0.3) is 0 Å². The van der Waals surface area contributed by atoms with Crippen LogP contribution in [0, 0.1) is 6.92 Å². The van der Waals surface area contributed by atoms with Gasteiger partial charge in [-0.1, -0.05) is 24.3 Å². The molecule has 2 rings (SSSR count). The lowest BCUT2D eigenvalue weighted by Crippen LogP contribution is -2.15. The highest BCUT2D eigenvalue weighted by atomic mass is 16.5. The highest BCUT2D eigenvalue weighted by molar-refractivity contribution is 5.92. The fourth-order valence-electron chi connectivity index (χ4n) is 2.10. The fourth-order valence-corrected chi connectivity index (χ4v) is 2.10. The van der Waals surface area contributed by atoms with E-state index < -0.39 is 0 Å². The average Bonchev–Trinajstić information content (AvgIpc) is 2.49. The number of methoxy groups -OCH3 is 2. The Morgan fingerprint density at radius 2 is 1.76 bits per heavy atom. The summed E-state index contributed by atoms with van der Waals surface area (Å²) >= 11 is 0. The molecule has 0 atom stereocenters. The third-order valence-corrected chi connectivity index (χ3v) is 3.28. The van der Waals surface area contributed by atoms with Crippen LogP contribution in [-0.2, 0) is 11.2 Å². The summed E-state index contributed by atoms with van der Waals surface area (Å²) in [6.45, 7) is 2.00. The van der Waals surface area contributed by atoms with E-state index in [-0.39, 0.29) is 5.91 Å². The van der Waals surface area contributed by atoms with Gasteiger partial charge in [0.15, 0.2) is 11.5 Å². The molecule has 2 aromatic carbocycles. The molecule has 0 aromatic heterocycles. The van der Waals surface area contributed by atoms with Gasteiger partial charge in [-0.25, -0.2) is 0 Å². The highest BCUT2D eigenvalue weighted by Crippen LogP contribution is 2.29. The molecule has 0 fully saturated rings. The predicted molar refractivity (Wildman–Crippen MR) is 83.1 cm³/mol. The van der Waals surface area contributed by atoms with Gasteiger partial charge in [-0.15, -0.1) is 0 Å². The topological polar surface area (TPSA) is 47.6 Å². The van der Waals surface area contributed by atoms with Gasteiger partial charge in [0.1, 0.15) is 0 Å². The summed E-state index contributed by atoms with van der Waals surface area (Å²) in [5.74, 6) is 1.16. The molecule has 0 heterocycles. The molecule has 1 N–H and O–H groups in total. The van der Waals surface area contributed by atoms with Crippen LogP contribution in [0.15, 0.2) is 42.5 Å². The standard InChI is InChI=1S/C17H19NO3/c1-12-6-4-5-7-13(12)10-17(19)18-14-8-9-15(20-2)16(11-14)21-3/h4-9,11H,10H2,1-3H3,(H,18,19). The minimum atomic E-state index is -0.0588. The van der Waals surface area contributed by atoms with E-state index in [2.05, 4.69) is 5.32 Å². The van der Waals surface area contributed by atoms with Crippen molar-refractivity contribution in [1.82, 2.24) is 0 Å². The molecule has 0 aliphatic rings. The van der Waals surface area contributed by atoms with Crippen LogP contribution >= 0.6 is 0 Å². The zero-order valence-electron chi connectivity index (χ0n) is 12.5. The van der Waals surface area contributed by atoms with E-state index in [1.165, 1.54) is 0 Å². The second-order valence-electron chi connectivity index (χ2n) is 4.72. The molecule has 2 aromatic rings. The molecule has 110 valence electrons. The average molecular weight is 285 g/mol. The Bertz CT molecular complexity index is 638. The van der Waals surface area contributed by atoms with Gasteiger partial charge in [0, 0.05) is 11.8 Å². The van der Waals surface area contributed by atoms with Crippen LogP contribution in [0.4, 0.5) is 5.69 Å². The van der Waals surface area contributed by atoms with Crippen molar-refractivity contribution in [2.75, 3.05) is 19.5 Å². The van der Waals surface area contributed by atoms with Crippen LogP contribution in [0.5, 0.6) is 11.5 Å². The lowest BCUT2D eigenvalue weighted by Gasteiger charge is -2.11. The number of benzene rings is 2. The van der Waals surface area contributed by atoms with Gasteiger partial charge in [-0.2, -0.15) is 0 Å². The molecule has 4 heteroatoms. The van der Waals surface area contributed by atoms with Crippen molar-refractivity contribution in [3.8, 4) is 11.5 Å². The molecule has 1 amide bonds. The summed E-state index contributed by atoms with van der Waals surface area (Å²) in [6, 6.07) is 13.2. The summed E-state index contributed by atoms with van der Waals surface area (Å²) in [5.41, 5.74) is 2.82. The van der Waals surface area contributed by atoms with Crippen LogP contribution in [0.1, 0.15) is 11.1 Å². The first kappa shape index (κ1) is 14.9. The van der Waals surface area contributed by atoms with E-state index in [9.17, 15) is 4.79 Å². The van der Waals surface area contributed by atoms with Crippen molar-refractivity contribution in [2.45, 2.75) is 13.3 Å². The van der Waals surface area contributed by atoms with Gasteiger partial charge >= 0.3 is 0 Å². The van der Waals surface area contributed by atoms with Crippen molar-refractivity contribution >= 4 is 11.6 Å². The summed E-state index contributed by atoms with van der Waals surface area (Å²) in [4.78, 5) is 12.1. The molecule has 0 bridgehead atoms. The summed E-state index contributed by atoms with van der Waals surface area (Å²) < 4.78 is 10.4. The third kappa shape index (κ3) is 3.75. The SMILES string of the molecule is COc1ccc(NC(=O)Cc2ccccc2C)cc1OC. The van der Waals surface area contributed by atoms with Crippen molar-refractivity contribution in [1.29, 1.82) is 0 Å². The molecule has 0 aliphatic carbocycles. The Morgan fingerprint density at radius 3 is 2.43 bits per heavy atom. The second-order valence-corrected chi connectivity index (χ2v) is 4.72. The van der Waals surface area contributed by atoms with Gasteiger partial charge in [-0.05, 0) is 30.2 Å². The minimum Gasteiger partial charge on any atom is -0.493 e. The molecule has 4 nitrogen and oxygen atoms in total. The number of hydrogen-bond donors (Lipinski definition) is 1. The smallest absolute Gasteiger partial charge is 0.228 e. The number of anilines is 1. The molecule has 0 aliphatic heterocycles. The molecule has 21 heavy (non-hydrogen) atoms. The molecule has 0 radical (unpaired) electrons. The van der Waals surface area contributed by atoms with Crippen LogP contribution in [0.25, 0.3) is 0 Å². The van der Waals surface area contributed by atoms with Crippen molar-refractivity contribution in [3.63, 3.8) is 0 Å². The Hall–Kier alpha value is -2.49. The minimum absolute atomic E-state index is 0.0588. The summed E-state index contributed by atoms with van der Waals surface area (Å²) in [6.07, 6.45) is 0.348. The number of hydrogen-bond acceptors (Lipinski definition) is 3. The van der Waals surface area contributed by atoms with Crippen LogP contribution in [0.2, 0.25) is 0 Å². The molecule has 0 saturated heterocycles. The maximum absolute atomic E-state index is 12.1. The Labute approximate surface area is 124 Å². The first-order valence-electron chi connectivity index (χ1n) is 6.70. The van der Waals surface area contributed by atoms with Gasteiger partial charge in [0.2, 0.25) is 5.91 Å². The first-order chi connectivity index (χ1) is 10.1. The number of rotatable bonds is 5. The molecule has 0 saturated carbocycles. The van der Waals surface area contributed by atoms with E-state index in [0.29, 0.717) is 23.6 Å².